The van der Waals surface area contributed by atoms with Gasteiger partial charge in [-0.1, -0.05) is 42.1 Å². The molecule has 1 amide bonds. The predicted octanol–water partition coefficient (Wildman–Crippen LogP) is 5.09. The summed E-state index contributed by atoms with van der Waals surface area (Å²) in [6.07, 6.45) is 7.51. The molecule has 0 spiro atoms. The number of anilines is 1. The quantitative estimate of drug-likeness (QED) is 0.363. The summed E-state index contributed by atoms with van der Waals surface area (Å²) in [5.74, 6) is -0.151. The largest absolute Gasteiger partial charge is 0.462 e. The molecule has 0 unspecified atom stereocenters. The van der Waals surface area contributed by atoms with Crippen LogP contribution in [0.5, 0.6) is 0 Å². The molecule has 1 aromatic carbocycles. The van der Waals surface area contributed by atoms with E-state index in [4.69, 9.17) is 9.15 Å². The van der Waals surface area contributed by atoms with Gasteiger partial charge in [0.2, 0.25) is 11.8 Å². The highest BCUT2D eigenvalue weighted by Crippen LogP contribution is 2.38. The molecule has 32 heavy (non-hydrogen) atoms. The van der Waals surface area contributed by atoms with Gasteiger partial charge in [0.15, 0.2) is 0 Å². The van der Waals surface area contributed by atoms with Gasteiger partial charge >= 0.3 is 5.97 Å². The van der Waals surface area contributed by atoms with Crippen molar-refractivity contribution in [3.63, 3.8) is 0 Å². The van der Waals surface area contributed by atoms with Crippen molar-refractivity contribution in [2.24, 2.45) is 0 Å². The van der Waals surface area contributed by atoms with E-state index < -0.39 is 0 Å². The fourth-order valence-electron chi connectivity index (χ4n) is 3.44. The smallest absolute Gasteiger partial charge is 0.341 e. The molecule has 1 aliphatic carbocycles. The first kappa shape index (κ1) is 22.3. The first-order valence-corrected chi connectivity index (χ1v) is 12.2. The van der Waals surface area contributed by atoms with Crippen molar-refractivity contribution in [1.82, 2.24) is 10.2 Å². The summed E-state index contributed by atoms with van der Waals surface area (Å²) < 4.78 is 10.8. The predicted molar refractivity (Wildman–Crippen MR) is 126 cm³/mol. The summed E-state index contributed by atoms with van der Waals surface area (Å²) in [5, 5.41) is 11.7. The summed E-state index contributed by atoms with van der Waals surface area (Å²) in [4.78, 5) is 26.2. The highest BCUT2D eigenvalue weighted by Gasteiger charge is 2.27. The highest BCUT2D eigenvalue weighted by molar-refractivity contribution is 7.99. The SMILES string of the molecule is CCOC(=O)c1c(NC(=O)CSc2nnc(/C=C/c3ccccc3)o2)sc2c1CCCC2. The molecule has 0 radical (unpaired) electrons. The van der Waals surface area contributed by atoms with Gasteiger partial charge in [-0.25, -0.2) is 4.79 Å². The number of ether oxygens (including phenoxy) is 1. The number of nitrogens with zero attached hydrogens (tertiary/aromatic N) is 2. The van der Waals surface area contributed by atoms with Gasteiger partial charge in [-0.2, -0.15) is 0 Å². The fraction of sp³-hybridized carbons (Fsp3) is 0.304. The summed E-state index contributed by atoms with van der Waals surface area (Å²) in [6.45, 7) is 2.07. The van der Waals surface area contributed by atoms with Crippen molar-refractivity contribution in [1.29, 1.82) is 0 Å². The number of fused-ring (bicyclic) bond motifs is 1. The molecule has 0 aliphatic heterocycles. The zero-order valence-corrected chi connectivity index (χ0v) is 19.3. The van der Waals surface area contributed by atoms with E-state index in [2.05, 4.69) is 15.5 Å². The number of esters is 1. The second-order valence-corrected chi connectivity index (χ2v) is 9.15. The van der Waals surface area contributed by atoms with Gasteiger partial charge in [-0.15, -0.1) is 21.5 Å². The molecular weight excluding hydrogens is 446 g/mol. The lowest BCUT2D eigenvalue weighted by Gasteiger charge is -2.12. The van der Waals surface area contributed by atoms with Gasteiger partial charge in [0, 0.05) is 11.0 Å². The Kier molecular flexibility index (Phi) is 7.39. The molecule has 0 atom stereocenters. The lowest BCUT2D eigenvalue weighted by Crippen LogP contribution is -2.17. The van der Waals surface area contributed by atoms with E-state index in [0.717, 1.165) is 53.4 Å². The molecule has 0 saturated heterocycles. The maximum absolute atomic E-state index is 12.6. The third-order valence-electron chi connectivity index (χ3n) is 4.87. The number of benzene rings is 1. The van der Waals surface area contributed by atoms with Crippen LogP contribution in [0.1, 0.15) is 52.0 Å². The third-order valence-corrected chi connectivity index (χ3v) is 6.90. The Hall–Kier alpha value is -2.91. The second kappa shape index (κ2) is 10.6. The molecule has 2 heterocycles. The minimum atomic E-state index is -0.374. The summed E-state index contributed by atoms with van der Waals surface area (Å²) in [5.41, 5.74) is 2.56. The van der Waals surface area contributed by atoms with E-state index in [1.54, 1.807) is 13.0 Å². The molecule has 4 rings (SSSR count). The third kappa shape index (κ3) is 5.46. The van der Waals surface area contributed by atoms with E-state index >= 15 is 0 Å². The highest BCUT2D eigenvalue weighted by atomic mass is 32.2. The normalized spacial score (nSPS) is 13.2. The average molecular weight is 470 g/mol. The number of carbonyl (C=O) groups excluding carboxylic acids is 2. The van der Waals surface area contributed by atoms with Crippen LogP contribution in [-0.4, -0.2) is 34.4 Å². The average Bonchev–Trinajstić information content (AvgIpc) is 3.41. The Morgan fingerprint density at radius 2 is 2.00 bits per heavy atom. The Balaban J connectivity index is 1.37. The molecule has 1 aliphatic rings. The van der Waals surface area contributed by atoms with Crippen molar-refractivity contribution in [2.75, 3.05) is 17.7 Å². The Labute approximate surface area is 194 Å². The van der Waals surface area contributed by atoms with Gasteiger partial charge < -0.3 is 14.5 Å². The van der Waals surface area contributed by atoms with Crippen molar-refractivity contribution >= 4 is 52.1 Å². The van der Waals surface area contributed by atoms with E-state index in [9.17, 15) is 9.59 Å². The van der Waals surface area contributed by atoms with E-state index in [-0.39, 0.29) is 17.6 Å². The molecule has 0 fully saturated rings. The molecule has 7 nitrogen and oxygen atoms in total. The van der Waals surface area contributed by atoms with Crippen LogP contribution >= 0.6 is 23.1 Å². The van der Waals surface area contributed by atoms with Gasteiger partial charge in [-0.05, 0) is 49.8 Å². The summed E-state index contributed by atoms with van der Waals surface area (Å²) >= 11 is 2.62. The van der Waals surface area contributed by atoms with Crippen LogP contribution in [0.25, 0.3) is 12.2 Å². The van der Waals surface area contributed by atoms with Crippen LogP contribution in [0.15, 0.2) is 40.0 Å². The van der Waals surface area contributed by atoms with Gasteiger partial charge in [0.25, 0.3) is 5.22 Å². The zero-order valence-electron chi connectivity index (χ0n) is 17.6. The first-order chi connectivity index (χ1) is 15.6. The van der Waals surface area contributed by atoms with Crippen LogP contribution in [0, 0.1) is 0 Å². The number of hydrogen-bond donors (Lipinski definition) is 1. The van der Waals surface area contributed by atoms with E-state index in [1.165, 1.54) is 11.3 Å². The van der Waals surface area contributed by atoms with Crippen LogP contribution in [0.4, 0.5) is 5.00 Å². The minimum absolute atomic E-state index is 0.0921. The van der Waals surface area contributed by atoms with Crippen molar-refractivity contribution < 1.29 is 18.7 Å². The van der Waals surface area contributed by atoms with Crippen molar-refractivity contribution in [2.45, 2.75) is 37.8 Å². The van der Waals surface area contributed by atoms with E-state index in [1.807, 2.05) is 36.4 Å². The van der Waals surface area contributed by atoms with Gasteiger partial charge in [0.05, 0.1) is 17.9 Å². The van der Waals surface area contributed by atoms with Crippen LogP contribution < -0.4 is 5.32 Å². The molecule has 166 valence electrons. The van der Waals surface area contributed by atoms with Crippen molar-refractivity contribution in [3.8, 4) is 0 Å². The lowest BCUT2D eigenvalue weighted by molar-refractivity contribution is -0.113. The molecule has 3 aromatic rings. The summed E-state index contributed by atoms with van der Waals surface area (Å²) in [6, 6.07) is 9.79. The van der Waals surface area contributed by atoms with E-state index in [0.29, 0.717) is 28.3 Å². The number of nitrogens with one attached hydrogen (secondary N) is 1. The number of hydrogen-bond acceptors (Lipinski definition) is 8. The molecule has 1 N–H and O–H groups in total. The topological polar surface area (TPSA) is 94.3 Å². The molecule has 9 heteroatoms. The number of aryl methyl sites for hydroxylation is 1. The maximum Gasteiger partial charge on any atom is 0.341 e. The van der Waals surface area contributed by atoms with Gasteiger partial charge in [-0.3, -0.25) is 4.79 Å². The van der Waals surface area contributed by atoms with Crippen LogP contribution in [-0.2, 0) is 22.4 Å². The Morgan fingerprint density at radius 1 is 1.19 bits per heavy atom. The molecular formula is C23H23N3O4S2. The zero-order chi connectivity index (χ0) is 22.3. The number of rotatable bonds is 8. The van der Waals surface area contributed by atoms with Crippen LogP contribution in [0.3, 0.4) is 0 Å². The number of amides is 1. The lowest BCUT2D eigenvalue weighted by atomic mass is 9.95. The Bertz CT molecular complexity index is 1120. The summed E-state index contributed by atoms with van der Waals surface area (Å²) in [7, 11) is 0. The van der Waals surface area contributed by atoms with Gasteiger partial charge in [0.1, 0.15) is 5.00 Å². The monoisotopic (exact) mass is 469 g/mol. The number of thioether (sulfide) groups is 1. The molecule has 0 bridgehead atoms. The Morgan fingerprint density at radius 3 is 2.81 bits per heavy atom. The fourth-order valence-corrected chi connectivity index (χ4v) is 5.30. The maximum atomic E-state index is 12.6. The minimum Gasteiger partial charge on any atom is -0.462 e. The van der Waals surface area contributed by atoms with Crippen LogP contribution in [0.2, 0.25) is 0 Å². The number of thiophene rings is 1. The molecule has 2 aromatic heterocycles. The number of aromatic nitrogens is 2. The second-order valence-electron chi connectivity index (χ2n) is 7.12. The molecule has 0 saturated carbocycles. The standard InChI is InChI=1S/C23H23N3O4S2/c1-2-29-22(28)20-16-10-6-7-11-17(16)32-21(20)24-18(27)14-31-23-26-25-19(30-23)13-12-15-8-4-3-5-9-15/h3-5,8-9,12-13H,2,6-7,10-11,14H2,1H3,(H,24,27)/b13-12+. The first-order valence-electron chi connectivity index (χ1n) is 10.4. The number of carbonyl (C=O) groups is 2. The van der Waals surface area contributed by atoms with Crippen molar-refractivity contribution in [3.05, 3.63) is 57.8 Å².